The molecular weight excluding hydrogens is 260 g/mol. The molecule has 0 saturated carbocycles. The molecule has 0 bridgehead atoms. The Bertz CT molecular complexity index is 716. The quantitative estimate of drug-likeness (QED) is 0.794. The average molecular weight is 272 g/mol. The average Bonchev–Trinajstić information content (AvgIpc) is 3.04. The number of benzene rings is 1. The lowest BCUT2D eigenvalue weighted by Gasteiger charge is -2.01. The third-order valence-electron chi connectivity index (χ3n) is 3.01. The fraction of sp³-hybridized carbons (Fsp3) is 0.143. The van der Waals surface area contributed by atoms with E-state index in [-0.39, 0.29) is 5.69 Å². The zero-order chi connectivity index (χ0) is 13.2. The number of aromatic carboxylic acids is 1. The van der Waals surface area contributed by atoms with E-state index in [9.17, 15) is 9.90 Å². The van der Waals surface area contributed by atoms with E-state index in [1.54, 1.807) is 22.1 Å². The summed E-state index contributed by atoms with van der Waals surface area (Å²) in [5, 5.41) is 16.1. The Balaban J connectivity index is 1.97. The van der Waals surface area contributed by atoms with Crippen molar-refractivity contribution in [3.8, 4) is 0 Å². The topological polar surface area (TPSA) is 55.1 Å². The Kier molecular flexibility index (Phi) is 3.05. The van der Waals surface area contributed by atoms with E-state index < -0.39 is 5.97 Å². The van der Waals surface area contributed by atoms with Gasteiger partial charge in [0.05, 0.1) is 5.52 Å². The number of carboxylic acids is 1. The summed E-state index contributed by atoms with van der Waals surface area (Å²) in [5.41, 5.74) is 0.998. The van der Waals surface area contributed by atoms with Crippen molar-refractivity contribution in [2.45, 2.75) is 13.0 Å². The van der Waals surface area contributed by atoms with E-state index in [0.717, 1.165) is 11.9 Å². The Morgan fingerprint density at radius 3 is 2.84 bits per heavy atom. The van der Waals surface area contributed by atoms with Crippen LogP contribution < -0.4 is 0 Å². The van der Waals surface area contributed by atoms with Crippen molar-refractivity contribution in [3.63, 3.8) is 0 Å². The summed E-state index contributed by atoms with van der Waals surface area (Å²) in [6.07, 6.45) is 0.863. The van der Waals surface area contributed by atoms with E-state index in [1.807, 2.05) is 29.6 Å². The molecule has 0 saturated heterocycles. The molecule has 1 aromatic carbocycles. The second-order valence-electron chi connectivity index (χ2n) is 4.22. The molecule has 0 aliphatic carbocycles. The predicted molar refractivity (Wildman–Crippen MR) is 74.7 cm³/mol. The molecule has 0 spiro atoms. The maximum Gasteiger partial charge on any atom is 0.357 e. The van der Waals surface area contributed by atoms with Crippen LogP contribution in [0, 0.1) is 0 Å². The van der Waals surface area contributed by atoms with Crippen LogP contribution in [0.3, 0.4) is 0 Å². The van der Waals surface area contributed by atoms with Gasteiger partial charge in [-0.05, 0) is 17.5 Å². The molecule has 2 heterocycles. The van der Waals surface area contributed by atoms with E-state index in [1.165, 1.54) is 4.88 Å². The van der Waals surface area contributed by atoms with Gasteiger partial charge in [-0.3, -0.25) is 4.68 Å². The first-order valence-corrected chi connectivity index (χ1v) is 6.85. The molecule has 96 valence electrons. The van der Waals surface area contributed by atoms with Gasteiger partial charge in [0.1, 0.15) is 0 Å². The molecule has 4 nitrogen and oxygen atoms in total. The molecule has 0 fully saturated rings. The van der Waals surface area contributed by atoms with Gasteiger partial charge >= 0.3 is 5.97 Å². The first-order chi connectivity index (χ1) is 9.25. The van der Waals surface area contributed by atoms with Crippen LogP contribution in [0.25, 0.3) is 10.9 Å². The Morgan fingerprint density at radius 1 is 1.26 bits per heavy atom. The second kappa shape index (κ2) is 4.85. The van der Waals surface area contributed by atoms with E-state index in [2.05, 4.69) is 11.2 Å². The van der Waals surface area contributed by atoms with Gasteiger partial charge in [0.15, 0.2) is 5.69 Å². The number of carbonyl (C=O) groups is 1. The molecule has 0 radical (unpaired) electrons. The minimum atomic E-state index is -0.980. The van der Waals surface area contributed by atoms with Crippen LogP contribution in [0.15, 0.2) is 41.8 Å². The summed E-state index contributed by atoms with van der Waals surface area (Å²) in [4.78, 5) is 12.5. The number of aromatic nitrogens is 2. The Morgan fingerprint density at radius 2 is 2.11 bits per heavy atom. The van der Waals surface area contributed by atoms with E-state index in [4.69, 9.17) is 0 Å². The van der Waals surface area contributed by atoms with Gasteiger partial charge in [-0.15, -0.1) is 11.3 Å². The highest BCUT2D eigenvalue weighted by Gasteiger charge is 2.15. The van der Waals surface area contributed by atoms with Crippen LogP contribution in [-0.2, 0) is 13.0 Å². The molecule has 0 aliphatic rings. The summed E-state index contributed by atoms with van der Waals surface area (Å²) in [6.45, 7) is 0.689. The Hall–Kier alpha value is -2.14. The van der Waals surface area contributed by atoms with Crippen LogP contribution >= 0.6 is 11.3 Å². The number of rotatable bonds is 4. The van der Waals surface area contributed by atoms with Crippen LogP contribution in [0.4, 0.5) is 0 Å². The predicted octanol–water partition coefficient (Wildman–Crippen LogP) is 3.04. The number of hydrogen-bond donors (Lipinski definition) is 1. The molecule has 3 rings (SSSR count). The molecule has 1 N–H and O–H groups in total. The van der Waals surface area contributed by atoms with Gasteiger partial charge in [-0.1, -0.05) is 24.3 Å². The molecule has 5 heteroatoms. The third-order valence-corrected chi connectivity index (χ3v) is 3.95. The van der Waals surface area contributed by atoms with Crippen LogP contribution in [0.1, 0.15) is 15.4 Å². The van der Waals surface area contributed by atoms with Crippen molar-refractivity contribution in [1.29, 1.82) is 0 Å². The van der Waals surface area contributed by atoms with Gasteiger partial charge in [-0.25, -0.2) is 4.79 Å². The summed E-state index contributed by atoms with van der Waals surface area (Å²) in [7, 11) is 0. The fourth-order valence-corrected chi connectivity index (χ4v) is 2.82. The number of aryl methyl sites for hydroxylation is 2. The standard InChI is InChI=1S/C14H12N2O2S/c17-14(18)13-11-5-1-2-6-12(11)16(15-13)8-7-10-4-3-9-19-10/h1-6,9H,7-8H2,(H,17,18). The zero-order valence-corrected chi connectivity index (χ0v) is 10.9. The van der Waals surface area contributed by atoms with Gasteiger partial charge in [-0.2, -0.15) is 5.10 Å². The van der Waals surface area contributed by atoms with Gasteiger partial charge in [0.25, 0.3) is 0 Å². The SMILES string of the molecule is O=C(O)c1nn(CCc2cccs2)c2ccccc12. The van der Waals surface area contributed by atoms with Gasteiger partial charge < -0.3 is 5.11 Å². The minimum Gasteiger partial charge on any atom is -0.476 e. The van der Waals surface area contributed by atoms with E-state index >= 15 is 0 Å². The first-order valence-electron chi connectivity index (χ1n) is 5.97. The maximum absolute atomic E-state index is 11.2. The molecule has 3 aromatic rings. The molecule has 0 atom stereocenters. The highest BCUT2D eigenvalue weighted by atomic mass is 32.1. The lowest BCUT2D eigenvalue weighted by Crippen LogP contribution is -2.04. The van der Waals surface area contributed by atoms with Crippen LogP contribution in [-0.4, -0.2) is 20.9 Å². The van der Waals surface area contributed by atoms with E-state index in [0.29, 0.717) is 11.9 Å². The van der Waals surface area contributed by atoms with Gasteiger partial charge in [0, 0.05) is 23.2 Å². The maximum atomic E-state index is 11.2. The number of thiophene rings is 1. The molecule has 0 amide bonds. The number of para-hydroxylation sites is 1. The van der Waals surface area contributed by atoms with Crippen molar-refractivity contribution in [2.24, 2.45) is 0 Å². The normalized spacial score (nSPS) is 10.9. The molecular formula is C14H12N2O2S. The second-order valence-corrected chi connectivity index (χ2v) is 5.26. The molecule has 0 unspecified atom stereocenters. The third kappa shape index (κ3) is 2.24. The monoisotopic (exact) mass is 272 g/mol. The summed E-state index contributed by atoms with van der Waals surface area (Å²) < 4.78 is 1.78. The number of fused-ring (bicyclic) bond motifs is 1. The zero-order valence-electron chi connectivity index (χ0n) is 10.1. The van der Waals surface area contributed by atoms with Crippen molar-refractivity contribution in [2.75, 3.05) is 0 Å². The molecule has 0 aliphatic heterocycles. The number of hydrogen-bond acceptors (Lipinski definition) is 3. The summed E-state index contributed by atoms with van der Waals surface area (Å²) in [6, 6.07) is 11.5. The number of nitrogens with zero attached hydrogens (tertiary/aromatic N) is 2. The lowest BCUT2D eigenvalue weighted by atomic mass is 10.2. The molecule has 2 aromatic heterocycles. The largest absolute Gasteiger partial charge is 0.476 e. The van der Waals surface area contributed by atoms with Crippen molar-refractivity contribution in [3.05, 3.63) is 52.3 Å². The highest BCUT2D eigenvalue weighted by molar-refractivity contribution is 7.09. The number of carboxylic acid groups (broad SMARTS) is 1. The summed E-state index contributed by atoms with van der Waals surface area (Å²) >= 11 is 1.70. The molecule has 19 heavy (non-hydrogen) atoms. The van der Waals surface area contributed by atoms with Crippen molar-refractivity contribution in [1.82, 2.24) is 9.78 Å². The van der Waals surface area contributed by atoms with Gasteiger partial charge in [0.2, 0.25) is 0 Å². The minimum absolute atomic E-state index is 0.127. The fourth-order valence-electron chi connectivity index (χ4n) is 2.13. The van der Waals surface area contributed by atoms with Crippen molar-refractivity contribution >= 4 is 28.2 Å². The first kappa shape index (κ1) is 11.9. The van der Waals surface area contributed by atoms with Crippen LogP contribution in [0.5, 0.6) is 0 Å². The highest BCUT2D eigenvalue weighted by Crippen LogP contribution is 2.19. The summed E-state index contributed by atoms with van der Waals surface area (Å²) in [5.74, 6) is -0.980. The van der Waals surface area contributed by atoms with Crippen molar-refractivity contribution < 1.29 is 9.90 Å². The lowest BCUT2D eigenvalue weighted by molar-refractivity contribution is 0.0691. The van der Waals surface area contributed by atoms with Crippen LogP contribution in [0.2, 0.25) is 0 Å². The Labute approximate surface area is 113 Å². The smallest absolute Gasteiger partial charge is 0.357 e.